The normalized spacial score (nSPS) is 16.5. The Morgan fingerprint density at radius 1 is 1.36 bits per heavy atom. The fourth-order valence-corrected chi connectivity index (χ4v) is 2.04. The van der Waals surface area contributed by atoms with Crippen LogP contribution in [0.2, 0.25) is 0 Å². The fourth-order valence-electron chi connectivity index (χ4n) is 1.74. The largest absolute Gasteiger partial charge is 0.361 e. The highest BCUT2D eigenvalue weighted by Gasteiger charge is 2.11. The molecule has 0 bridgehead atoms. The number of rotatable bonds is 1. The fraction of sp³-hybridized carbons (Fsp3) is 0.556. The van der Waals surface area contributed by atoms with Gasteiger partial charge in [0.25, 0.3) is 0 Å². The van der Waals surface area contributed by atoms with Gasteiger partial charge in [-0.15, -0.1) is 0 Å². The topological polar surface area (TPSA) is 15.8 Å². The predicted octanol–water partition coefficient (Wildman–Crippen LogP) is 2.79. The van der Waals surface area contributed by atoms with Crippen molar-refractivity contribution in [2.75, 3.05) is 0 Å². The molecule has 0 amide bonds. The Labute approximate surface area is 75.3 Å². The van der Waals surface area contributed by atoms with Gasteiger partial charge in [0, 0.05) is 16.7 Å². The van der Waals surface area contributed by atoms with E-state index in [0.29, 0.717) is 0 Å². The van der Waals surface area contributed by atoms with E-state index >= 15 is 0 Å². The van der Waals surface area contributed by atoms with Gasteiger partial charge >= 0.3 is 0 Å². The van der Waals surface area contributed by atoms with E-state index in [1.165, 1.54) is 37.1 Å². The van der Waals surface area contributed by atoms with Gasteiger partial charge in [-0.1, -0.05) is 15.9 Å². The first kappa shape index (κ1) is 7.41. The molecule has 11 heavy (non-hydrogen) atoms. The van der Waals surface area contributed by atoms with Gasteiger partial charge in [-0.25, -0.2) is 0 Å². The summed E-state index contributed by atoms with van der Waals surface area (Å²) in [5, 5.41) is 0.958. The van der Waals surface area contributed by atoms with Crippen molar-refractivity contribution in [3.8, 4) is 0 Å². The number of aromatic amines is 1. The van der Waals surface area contributed by atoms with Crippen LogP contribution in [0.4, 0.5) is 0 Å². The summed E-state index contributed by atoms with van der Waals surface area (Å²) in [5.41, 5.74) is 4.35. The summed E-state index contributed by atoms with van der Waals surface area (Å²) in [4.78, 5) is 3.44. The summed E-state index contributed by atoms with van der Waals surface area (Å²) in [6, 6.07) is 2.29. The molecule has 60 valence electrons. The molecule has 0 radical (unpaired) electrons. The van der Waals surface area contributed by atoms with Gasteiger partial charge < -0.3 is 4.98 Å². The molecule has 0 atom stereocenters. The molecule has 0 saturated carbocycles. The quantitative estimate of drug-likeness (QED) is 0.692. The second kappa shape index (κ2) is 3.02. The summed E-state index contributed by atoms with van der Waals surface area (Å²) in [7, 11) is 0. The molecule has 0 saturated heterocycles. The van der Waals surface area contributed by atoms with Gasteiger partial charge in [0.15, 0.2) is 0 Å². The zero-order chi connectivity index (χ0) is 7.68. The minimum Gasteiger partial charge on any atom is -0.361 e. The average Bonchev–Trinajstić information content (AvgIpc) is 2.46. The maximum absolute atomic E-state index is 3.45. The molecular formula is C9H12BrN. The number of aromatic nitrogens is 1. The number of halogens is 1. The van der Waals surface area contributed by atoms with Crippen LogP contribution < -0.4 is 0 Å². The number of fused-ring (bicyclic) bond motifs is 1. The smallest absolute Gasteiger partial charge is 0.0434 e. The van der Waals surface area contributed by atoms with E-state index in [-0.39, 0.29) is 0 Å². The molecule has 0 unspecified atom stereocenters. The number of nitrogens with one attached hydrogen (secondary N) is 1. The Morgan fingerprint density at radius 2 is 2.18 bits per heavy atom. The van der Waals surface area contributed by atoms with Crippen LogP contribution in [0.15, 0.2) is 6.07 Å². The highest BCUT2D eigenvalue weighted by atomic mass is 79.9. The minimum atomic E-state index is 0.958. The Bertz CT molecular complexity index is 229. The van der Waals surface area contributed by atoms with Crippen LogP contribution in [0, 0.1) is 0 Å². The van der Waals surface area contributed by atoms with E-state index in [0.717, 1.165) is 5.33 Å². The zero-order valence-electron chi connectivity index (χ0n) is 6.49. The monoisotopic (exact) mass is 213 g/mol. The van der Waals surface area contributed by atoms with Crippen molar-refractivity contribution < 1.29 is 0 Å². The Balaban J connectivity index is 2.32. The van der Waals surface area contributed by atoms with Crippen LogP contribution >= 0.6 is 15.9 Å². The second-order valence-electron chi connectivity index (χ2n) is 3.14. The van der Waals surface area contributed by atoms with E-state index in [1.54, 1.807) is 5.56 Å². The zero-order valence-corrected chi connectivity index (χ0v) is 8.08. The molecule has 2 rings (SSSR count). The van der Waals surface area contributed by atoms with Crippen LogP contribution in [0.3, 0.4) is 0 Å². The van der Waals surface area contributed by atoms with E-state index in [1.807, 2.05) is 0 Å². The van der Waals surface area contributed by atoms with Crippen LogP contribution in [-0.4, -0.2) is 4.98 Å². The molecule has 2 heteroatoms. The molecule has 1 aliphatic carbocycles. The lowest BCUT2D eigenvalue weighted by Crippen LogP contribution is -1.99. The van der Waals surface area contributed by atoms with Crippen LogP contribution in [0.1, 0.15) is 29.8 Å². The van der Waals surface area contributed by atoms with Crippen molar-refractivity contribution in [2.24, 2.45) is 0 Å². The Hall–Kier alpha value is -0.240. The molecule has 1 heterocycles. The molecule has 1 aromatic rings. The first-order valence-electron chi connectivity index (χ1n) is 4.16. The number of hydrogen-bond acceptors (Lipinski definition) is 0. The summed E-state index contributed by atoms with van der Waals surface area (Å²) < 4.78 is 0. The maximum atomic E-state index is 3.45. The molecule has 0 aromatic carbocycles. The van der Waals surface area contributed by atoms with Crippen molar-refractivity contribution in [3.05, 3.63) is 23.0 Å². The van der Waals surface area contributed by atoms with Crippen molar-refractivity contribution in [3.63, 3.8) is 0 Å². The summed E-state index contributed by atoms with van der Waals surface area (Å²) in [6.45, 7) is 0. The van der Waals surface area contributed by atoms with Crippen LogP contribution in [0.25, 0.3) is 0 Å². The Morgan fingerprint density at radius 3 is 2.91 bits per heavy atom. The lowest BCUT2D eigenvalue weighted by Gasteiger charge is -2.08. The molecule has 1 aliphatic rings. The summed E-state index contributed by atoms with van der Waals surface area (Å²) >= 11 is 3.45. The van der Waals surface area contributed by atoms with Crippen molar-refractivity contribution in [1.29, 1.82) is 0 Å². The molecule has 1 N–H and O–H groups in total. The van der Waals surface area contributed by atoms with Crippen molar-refractivity contribution in [1.82, 2.24) is 4.98 Å². The average molecular weight is 214 g/mol. The van der Waals surface area contributed by atoms with E-state index in [2.05, 4.69) is 27.0 Å². The summed E-state index contributed by atoms with van der Waals surface area (Å²) in [6.07, 6.45) is 5.25. The first-order valence-corrected chi connectivity index (χ1v) is 5.28. The maximum Gasteiger partial charge on any atom is 0.0434 e. The number of aryl methyl sites for hydroxylation is 2. The second-order valence-corrected chi connectivity index (χ2v) is 3.70. The SMILES string of the molecule is BrCc1cc2c([nH]1)CCCC2. The third-order valence-electron chi connectivity index (χ3n) is 2.31. The van der Waals surface area contributed by atoms with Crippen LogP contribution in [-0.2, 0) is 18.2 Å². The van der Waals surface area contributed by atoms with Crippen LogP contribution in [0.5, 0.6) is 0 Å². The highest BCUT2D eigenvalue weighted by Crippen LogP contribution is 2.22. The Kier molecular flexibility index (Phi) is 2.03. The molecule has 0 fully saturated rings. The predicted molar refractivity (Wildman–Crippen MR) is 50.1 cm³/mol. The van der Waals surface area contributed by atoms with E-state index in [9.17, 15) is 0 Å². The number of alkyl halides is 1. The van der Waals surface area contributed by atoms with E-state index < -0.39 is 0 Å². The standard InChI is InChI=1S/C9H12BrN/c10-6-8-5-7-3-1-2-4-9(7)11-8/h5,11H,1-4,6H2. The van der Waals surface area contributed by atoms with Gasteiger partial charge in [0.1, 0.15) is 0 Å². The summed E-state index contributed by atoms with van der Waals surface area (Å²) in [5.74, 6) is 0. The minimum absolute atomic E-state index is 0.958. The van der Waals surface area contributed by atoms with Gasteiger partial charge in [-0.3, -0.25) is 0 Å². The lowest BCUT2D eigenvalue weighted by molar-refractivity contribution is 0.676. The molecule has 0 aliphatic heterocycles. The van der Waals surface area contributed by atoms with Crippen molar-refractivity contribution in [2.45, 2.75) is 31.0 Å². The number of H-pyrrole nitrogens is 1. The molecule has 1 nitrogen and oxygen atoms in total. The third kappa shape index (κ3) is 1.36. The van der Waals surface area contributed by atoms with Crippen molar-refractivity contribution >= 4 is 15.9 Å². The highest BCUT2D eigenvalue weighted by molar-refractivity contribution is 9.08. The molecular weight excluding hydrogens is 202 g/mol. The number of hydrogen-bond donors (Lipinski definition) is 1. The van der Waals surface area contributed by atoms with Gasteiger partial charge in [0.05, 0.1) is 0 Å². The van der Waals surface area contributed by atoms with E-state index in [4.69, 9.17) is 0 Å². The van der Waals surface area contributed by atoms with Gasteiger partial charge in [-0.05, 0) is 37.3 Å². The third-order valence-corrected chi connectivity index (χ3v) is 2.92. The molecule has 1 aromatic heterocycles. The lowest BCUT2D eigenvalue weighted by atomic mass is 9.98. The molecule has 0 spiro atoms. The van der Waals surface area contributed by atoms with Gasteiger partial charge in [-0.2, -0.15) is 0 Å². The first-order chi connectivity index (χ1) is 5.40. The van der Waals surface area contributed by atoms with Gasteiger partial charge in [0.2, 0.25) is 0 Å².